The Hall–Kier alpha value is -3.86. The number of benzene rings is 2. The summed E-state index contributed by atoms with van der Waals surface area (Å²) in [5.41, 5.74) is 1.43. The molecule has 3 aliphatic rings. The monoisotopic (exact) mass is 528 g/mol. The minimum absolute atomic E-state index is 0.0644. The minimum atomic E-state index is -3.72. The van der Waals surface area contributed by atoms with E-state index in [9.17, 15) is 23.5 Å². The number of alkyl halides is 2. The van der Waals surface area contributed by atoms with Crippen molar-refractivity contribution in [2.75, 3.05) is 18.5 Å². The molecule has 2 fully saturated rings. The molecule has 1 aliphatic carbocycles. The van der Waals surface area contributed by atoms with Crippen LogP contribution in [-0.2, 0) is 31.6 Å². The number of aliphatic hydroxyl groups is 1. The molecule has 2 aromatic carbocycles. The number of fused-ring (bicyclic) bond motifs is 2. The summed E-state index contributed by atoms with van der Waals surface area (Å²) in [4.78, 5) is 24.8. The normalized spacial score (nSPS) is 20.8. The molecule has 2 aliphatic heterocycles. The molecule has 0 unspecified atom stereocenters. The molecule has 1 aromatic heterocycles. The van der Waals surface area contributed by atoms with Crippen LogP contribution in [0.5, 0.6) is 11.5 Å². The summed E-state index contributed by atoms with van der Waals surface area (Å²) < 4.78 is 48.1. The van der Waals surface area contributed by atoms with Crippen LogP contribution in [0.3, 0.4) is 0 Å². The quantitative estimate of drug-likeness (QED) is 0.437. The third-order valence-corrected chi connectivity index (χ3v) is 7.42. The molecule has 1 saturated carbocycles. The molecule has 38 heavy (non-hydrogen) atoms. The number of anilines is 1. The van der Waals surface area contributed by atoms with E-state index in [4.69, 9.17) is 9.47 Å². The van der Waals surface area contributed by atoms with Crippen LogP contribution < -0.4 is 14.8 Å². The molecule has 1 saturated heterocycles. The lowest BCUT2D eigenvalue weighted by Crippen LogP contribution is -2.29. The van der Waals surface area contributed by atoms with Gasteiger partial charge in [0.15, 0.2) is 17.6 Å². The van der Waals surface area contributed by atoms with Crippen LogP contribution >= 0.6 is 0 Å². The summed E-state index contributed by atoms with van der Waals surface area (Å²) in [7, 11) is 0. The molecule has 9 nitrogen and oxygen atoms in total. The number of nitrogens with zero attached hydrogens (tertiary/aromatic N) is 1. The maximum Gasteiger partial charge on any atom is 0.586 e. The average molecular weight is 529 g/mol. The van der Waals surface area contributed by atoms with Gasteiger partial charge in [0, 0.05) is 27.7 Å². The molecular formula is C27H26F2N2O7. The molecule has 3 heterocycles. The van der Waals surface area contributed by atoms with E-state index in [1.807, 2.05) is 36.6 Å². The van der Waals surface area contributed by atoms with Gasteiger partial charge in [0.05, 0.1) is 18.6 Å². The van der Waals surface area contributed by atoms with Gasteiger partial charge in [0.2, 0.25) is 5.91 Å². The highest BCUT2D eigenvalue weighted by atomic mass is 19.3. The van der Waals surface area contributed by atoms with Crippen molar-refractivity contribution in [2.24, 2.45) is 0 Å². The van der Waals surface area contributed by atoms with Gasteiger partial charge in [-0.25, -0.2) is 4.79 Å². The Morgan fingerprint density at radius 1 is 1.13 bits per heavy atom. The number of rotatable bonds is 7. The summed E-state index contributed by atoms with van der Waals surface area (Å²) in [6, 6.07) is 11.9. The number of carbonyl (C=O) groups excluding carboxylic acids is 2. The molecule has 200 valence electrons. The van der Waals surface area contributed by atoms with E-state index in [-0.39, 0.29) is 30.6 Å². The highest BCUT2D eigenvalue weighted by molar-refractivity contribution is 6.02. The lowest BCUT2D eigenvalue weighted by Gasteiger charge is -2.25. The molecule has 11 heteroatoms. The summed E-state index contributed by atoms with van der Waals surface area (Å²) in [6.07, 6.45) is -3.73. The number of amides is 1. The number of aliphatic hydroxyl groups excluding tert-OH is 1. The minimum Gasteiger partial charge on any atom is -0.430 e. The number of cyclic esters (lactones) is 2. The Kier molecular flexibility index (Phi) is 5.36. The maximum atomic E-state index is 13.4. The standard InChI is InChI=1S/C27H26F2N2O7/c1-25(2,14-32)22-10-15-9-17(4-5-19(15)31(22)12-18-13-35-24(34)36-18)30-23(33)26(7-8-26)16-3-6-20-21(11-16)38-27(28,29)37-20/h3-6,9-11,18,32H,7-8,12-14H2,1-2H3,(H,30,33)/t18-/m1/s1. The summed E-state index contributed by atoms with van der Waals surface area (Å²) in [5.74, 6) is -0.398. The fourth-order valence-corrected chi connectivity index (χ4v) is 5.12. The third-order valence-electron chi connectivity index (χ3n) is 7.42. The summed E-state index contributed by atoms with van der Waals surface area (Å²) >= 11 is 0. The van der Waals surface area contributed by atoms with Crippen molar-refractivity contribution < 1.29 is 42.4 Å². The van der Waals surface area contributed by atoms with E-state index in [2.05, 4.69) is 14.8 Å². The number of hydrogen-bond acceptors (Lipinski definition) is 7. The predicted octanol–water partition coefficient (Wildman–Crippen LogP) is 4.44. The molecule has 1 atom stereocenters. The number of carbonyl (C=O) groups is 2. The molecule has 3 aromatic rings. The first kappa shape index (κ1) is 24.5. The lowest BCUT2D eigenvalue weighted by atomic mass is 9.90. The first-order valence-corrected chi connectivity index (χ1v) is 12.3. The first-order valence-electron chi connectivity index (χ1n) is 12.3. The number of nitrogens with one attached hydrogen (secondary N) is 1. The molecular weight excluding hydrogens is 502 g/mol. The zero-order chi connectivity index (χ0) is 26.9. The Morgan fingerprint density at radius 3 is 2.58 bits per heavy atom. The topological polar surface area (TPSA) is 108 Å². The van der Waals surface area contributed by atoms with Crippen molar-refractivity contribution >= 4 is 28.7 Å². The molecule has 1 amide bonds. The van der Waals surface area contributed by atoms with Gasteiger partial charge in [-0.05, 0) is 54.8 Å². The van der Waals surface area contributed by atoms with Crippen molar-refractivity contribution in [1.29, 1.82) is 0 Å². The Balaban J connectivity index is 1.27. The van der Waals surface area contributed by atoms with Crippen molar-refractivity contribution in [3.63, 3.8) is 0 Å². The van der Waals surface area contributed by atoms with Crippen LogP contribution in [-0.4, -0.2) is 47.3 Å². The van der Waals surface area contributed by atoms with Crippen LogP contribution in [0.15, 0.2) is 42.5 Å². The predicted molar refractivity (Wildman–Crippen MR) is 130 cm³/mol. The highest BCUT2D eigenvalue weighted by Crippen LogP contribution is 2.52. The van der Waals surface area contributed by atoms with E-state index in [1.54, 1.807) is 12.1 Å². The van der Waals surface area contributed by atoms with Gasteiger partial charge in [-0.3, -0.25) is 4.79 Å². The zero-order valence-electron chi connectivity index (χ0n) is 20.8. The number of ether oxygens (including phenoxy) is 4. The Labute approximate surface area is 216 Å². The third kappa shape index (κ3) is 4.10. The van der Waals surface area contributed by atoms with Gasteiger partial charge >= 0.3 is 12.5 Å². The van der Waals surface area contributed by atoms with Gasteiger partial charge in [-0.15, -0.1) is 8.78 Å². The number of hydrogen-bond donors (Lipinski definition) is 2. The summed E-state index contributed by atoms with van der Waals surface area (Å²) in [5, 5.41) is 13.8. The van der Waals surface area contributed by atoms with E-state index >= 15 is 0 Å². The van der Waals surface area contributed by atoms with Gasteiger partial charge in [0.25, 0.3) is 0 Å². The van der Waals surface area contributed by atoms with Crippen LogP contribution in [0, 0.1) is 0 Å². The van der Waals surface area contributed by atoms with E-state index in [0.717, 1.165) is 16.6 Å². The maximum absolute atomic E-state index is 13.4. The van der Waals surface area contributed by atoms with Crippen molar-refractivity contribution in [1.82, 2.24) is 4.57 Å². The average Bonchev–Trinajstić information content (AvgIpc) is 3.31. The number of aromatic nitrogens is 1. The molecule has 0 bridgehead atoms. The van der Waals surface area contributed by atoms with Gasteiger partial charge in [-0.1, -0.05) is 19.9 Å². The molecule has 2 N–H and O–H groups in total. The Morgan fingerprint density at radius 2 is 1.89 bits per heavy atom. The molecule has 6 rings (SSSR count). The van der Waals surface area contributed by atoms with E-state index < -0.39 is 29.4 Å². The van der Waals surface area contributed by atoms with Crippen molar-refractivity contribution in [3.05, 3.63) is 53.7 Å². The van der Waals surface area contributed by atoms with Crippen LogP contribution in [0.25, 0.3) is 10.9 Å². The van der Waals surface area contributed by atoms with Crippen LogP contribution in [0.1, 0.15) is 37.9 Å². The second-order valence-corrected chi connectivity index (χ2v) is 10.6. The Bertz CT molecular complexity index is 1460. The number of halogens is 2. The lowest BCUT2D eigenvalue weighted by molar-refractivity contribution is -0.286. The second-order valence-electron chi connectivity index (χ2n) is 10.6. The molecule has 0 radical (unpaired) electrons. The highest BCUT2D eigenvalue weighted by Gasteiger charge is 2.52. The van der Waals surface area contributed by atoms with Gasteiger partial charge in [0.1, 0.15) is 6.61 Å². The summed E-state index contributed by atoms with van der Waals surface area (Å²) in [6.45, 7) is 4.22. The largest absolute Gasteiger partial charge is 0.586 e. The fourth-order valence-electron chi connectivity index (χ4n) is 5.12. The van der Waals surface area contributed by atoms with E-state index in [0.29, 0.717) is 30.6 Å². The van der Waals surface area contributed by atoms with Crippen molar-refractivity contribution in [2.45, 2.75) is 56.5 Å². The van der Waals surface area contributed by atoms with Gasteiger partial charge in [-0.2, -0.15) is 0 Å². The first-order chi connectivity index (χ1) is 18.0. The van der Waals surface area contributed by atoms with Crippen LogP contribution in [0.2, 0.25) is 0 Å². The van der Waals surface area contributed by atoms with Crippen LogP contribution in [0.4, 0.5) is 19.3 Å². The SMILES string of the molecule is CC(C)(CO)c1cc2cc(NC(=O)C3(c4ccc5c(c4)OC(F)(F)O5)CC3)ccc2n1C[C@@H]1COC(=O)O1. The molecule has 0 spiro atoms. The zero-order valence-corrected chi connectivity index (χ0v) is 20.8. The second kappa shape index (κ2) is 8.32. The van der Waals surface area contributed by atoms with Crippen molar-refractivity contribution in [3.8, 4) is 11.5 Å². The van der Waals surface area contributed by atoms with E-state index in [1.165, 1.54) is 12.1 Å². The fraction of sp³-hybridized carbons (Fsp3) is 0.407. The smallest absolute Gasteiger partial charge is 0.430 e. The van der Waals surface area contributed by atoms with Gasteiger partial charge < -0.3 is 33.9 Å².